The third-order valence-corrected chi connectivity index (χ3v) is 4.02. The molecule has 0 saturated carbocycles. The van der Waals surface area contributed by atoms with E-state index in [1.165, 1.54) is 17.4 Å². The van der Waals surface area contributed by atoms with Gasteiger partial charge in [-0.15, -0.1) is 11.3 Å². The van der Waals surface area contributed by atoms with Crippen LogP contribution in [0.2, 0.25) is 0 Å². The molecule has 1 N–H and O–H groups in total. The third kappa shape index (κ3) is 3.59. The van der Waals surface area contributed by atoms with Gasteiger partial charge < -0.3 is 10.2 Å². The number of amides is 1. The molecule has 2 aromatic rings. The minimum absolute atomic E-state index is 0.135. The van der Waals surface area contributed by atoms with Gasteiger partial charge in [-0.1, -0.05) is 0 Å². The molecule has 1 aromatic carbocycles. The van der Waals surface area contributed by atoms with E-state index < -0.39 is 17.6 Å². The highest BCUT2D eigenvalue weighted by atomic mass is 32.1. The number of rotatable bonds is 3. The monoisotopic (exact) mass is 328 g/mol. The van der Waals surface area contributed by atoms with Gasteiger partial charge in [0.1, 0.15) is 0 Å². The van der Waals surface area contributed by atoms with Crippen LogP contribution in [0.1, 0.15) is 20.1 Å². The molecule has 0 aliphatic rings. The van der Waals surface area contributed by atoms with Crippen LogP contribution in [0.15, 0.2) is 30.3 Å². The first-order valence-corrected chi connectivity index (χ1v) is 7.26. The normalized spacial score (nSPS) is 11.4. The van der Waals surface area contributed by atoms with Crippen LogP contribution in [0.4, 0.5) is 24.5 Å². The summed E-state index contributed by atoms with van der Waals surface area (Å²) in [6.07, 6.45) is -4.45. The van der Waals surface area contributed by atoms with E-state index in [2.05, 4.69) is 5.32 Å². The largest absolute Gasteiger partial charge is 0.416 e. The van der Waals surface area contributed by atoms with Crippen molar-refractivity contribution >= 4 is 28.6 Å². The summed E-state index contributed by atoms with van der Waals surface area (Å²) in [6.45, 7) is 1.86. The van der Waals surface area contributed by atoms with E-state index in [0.717, 1.165) is 17.0 Å². The zero-order valence-electron chi connectivity index (χ0n) is 12.3. The Bertz CT molecular complexity index is 692. The zero-order chi connectivity index (χ0) is 16.5. The maximum atomic E-state index is 12.8. The van der Waals surface area contributed by atoms with Gasteiger partial charge in [0, 0.05) is 19.0 Å². The standard InChI is InChI=1S/C15H15F3N2OS/c1-9-4-7-13(22-9)14(21)19-11-8-10(15(16,17)18)5-6-12(11)20(2)3/h4-8H,1-3H3,(H,19,21). The number of carbonyl (C=O) groups excluding carboxylic acids is 1. The molecule has 0 saturated heterocycles. The molecule has 7 heteroatoms. The first-order chi connectivity index (χ1) is 10.2. The quantitative estimate of drug-likeness (QED) is 0.906. The first kappa shape index (κ1) is 16.4. The van der Waals surface area contributed by atoms with Crippen molar-refractivity contribution in [2.75, 3.05) is 24.3 Å². The van der Waals surface area contributed by atoms with Gasteiger partial charge in [0.05, 0.1) is 21.8 Å². The molecule has 1 amide bonds. The molecule has 1 heterocycles. The molecular formula is C15H15F3N2OS. The van der Waals surface area contributed by atoms with Crippen molar-refractivity contribution in [1.29, 1.82) is 0 Å². The first-order valence-electron chi connectivity index (χ1n) is 6.45. The van der Waals surface area contributed by atoms with Gasteiger partial charge in [-0.05, 0) is 37.3 Å². The van der Waals surface area contributed by atoms with Crippen LogP contribution in [0, 0.1) is 6.92 Å². The number of anilines is 2. The highest BCUT2D eigenvalue weighted by Gasteiger charge is 2.31. The molecular weight excluding hydrogens is 313 g/mol. The molecule has 2 rings (SSSR count). The highest BCUT2D eigenvalue weighted by molar-refractivity contribution is 7.14. The molecule has 3 nitrogen and oxygen atoms in total. The van der Waals surface area contributed by atoms with Crippen molar-refractivity contribution in [3.8, 4) is 0 Å². The Morgan fingerprint density at radius 1 is 1.18 bits per heavy atom. The van der Waals surface area contributed by atoms with Gasteiger partial charge in [-0.3, -0.25) is 4.79 Å². The van der Waals surface area contributed by atoms with Crippen LogP contribution in [0.25, 0.3) is 0 Å². The number of halogens is 3. The average Bonchev–Trinajstić information content (AvgIpc) is 2.84. The summed E-state index contributed by atoms with van der Waals surface area (Å²) in [5.41, 5.74) is -0.152. The van der Waals surface area contributed by atoms with E-state index in [-0.39, 0.29) is 5.69 Å². The Balaban J connectivity index is 2.37. The summed E-state index contributed by atoms with van der Waals surface area (Å²) in [5, 5.41) is 2.56. The minimum Gasteiger partial charge on any atom is -0.376 e. The van der Waals surface area contributed by atoms with E-state index in [4.69, 9.17) is 0 Å². The van der Waals surface area contributed by atoms with Gasteiger partial charge in [0.2, 0.25) is 0 Å². The average molecular weight is 328 g/mol. The Morgan fingerprint density at radius 3 is 2.36 bits per heavy atom. The Kier molecular flexibility index (Phi) is 4.46. The predicted molar refractivity (Wildman–Crippen MR) is 82.8 cm³/mol. The topological polar surface area (TPSA) is 32.3 Å². The Morgan fingerprint density at radius 2 is 1.86 bits per heavy atom. The van der Waals surface area contributed by atoms with E-state index >= 15 is 0 Å². The van der Waals surface area contributed by atoms with Crippen LogP contribution >= 0.6 is 11.3 Å². The fourth-order valence-electron chi connectivity index (χ4n) is 1.94. The number of hydrogen-bond donors (Lipinski definition) is 1. The summed E-state index contributed by atoms with van der Waals surface area (Å²) >= 11 is 1.29. The van der Waals surface area contributed by atoms with Crippen molar-refractivity contribution in [3.63, 3.8) is 0 Å². The fourth-order valence-corrected chi connectivity index (χ4v) is 2.71. The number of thiophene rings is 1. The Hall–Kier alpha value is -2.02. The lowest BCUT2D eigenvalue weighted by atomic mass is 10.1. The Labute approximate surface area is 130 Å². The van der Waals surface area contributed by atoms with E-state index in [0.29, 0.717) is 10.6 Å². The minimum atomic E-state index is -4.45. The number of aryl methyl sites for hydroxylation is 1. The number of nitrogens with zero attached hydrogens (tertiary/aromatic N) is 1. The van der Waals surface area contributed by atoms with Crippen molar-refractivity contribution in [2.45, 2.75) is 13.1 Å². The predicted octanol–water partition coefficient (Wildman–Crippen LogP) is 4.39. The van der Waals surface area contributed by atoms with Crippen molar-refractivity contribution in [1.82, 2.24) is 0 Å². The van der Waals surface area contributed by atoms with Gasteiger partial charge in [-0.2, -0.15) is 13.2 Å². The molecule has 1 aromatic heterocycles. The zero-order valence-corrected chi connectivity index (χ0v) is 13.1. The van der Waals surface area contributed by atoms with E-state index in [9.17, 15) is 18.0 Å². The summed E-state index contributed by atoms with van der Waals surface area (Å²) in [4.78, 5) is 15.2. The molecule has 0 bridgehead atoms. The van der Waals surface area contributed by atoms with Crippen LogP contribution in [0.5, 0.6) is 0 Å². The number of nitrogens with one attached hydrogen (secondary N) is 1. The molecule has 22 heavy (non-hydrogen) atoms. The van der Waals surface area contributed by atoms with Crippen molar-refractivity contribution < 1.29 is 18.0 Å². The second kappa shape index (κ2) is 6.00. The van der Waals surface area contributed by atoms with Gasteiger partial charge in [0.15, 0.2) is 0 Å². The summed E-state index contributed by atoms with van der Waals surface area (Å²) in [6, 6.07) is 6.74. The third-order valence-electron chi connectivity index (χ3n) is 3.02. The molecule has 0 spiro atoms. The number of benzene rings is 1. The van der Waals surface area contributed by atoms with Crippen LogP contribution in [-0.4, -0.2) is 20.0 Å². The van der Waals surface area contributed by atoms with Crippen molar-refractivity contribution in [2.24, 2.45) is 0 Å². The van der Waals surface area contributed by atoms with E-state index in [1.807, 2.05) is 6.92 Å². The fraction of sp³-hybridized carbons (Fsp3) is 0.267. The lowest BCUT2D eigenvalue weighted by Crippen LogP contribution is -2.17. The van der Waals surface area contributed by atoms with Gasteiger partial charge in [0.25, 0.3) is 5.91 Å². The SMILES string of the molecule is Cc1ccc(C(=O)Nc2cc(C(F)(F)F)ccc2N(C)C)s1. The smallest absolute Gasteiger partial charge is 0.376 e. The summed E-state index contributed by atoms with van der Waals surface area (Å²) in [5.74, 6) is -0.416. The second-order valence-electron chi connectivity index (χ2n) is 4.99. The number of hydrogen-bond acceptors (Lipinski definition) is 3. The molecule has 118 valence electrons. The molecule has 0 aliphatic heterocycles. The lowest BCUT2D eigenvalue weighted by Gasteiger charge is -2.19. The number of carbonyl (C=O) groups is 1. The summed E-state index contributed by atoms with van der Waals surface area (Å²) in [7, 11) is 3.40. The lowest BCUT2D eigenvalue weighted by molar-refractivity contribution is -0.137. The maximum Gasteiger partial charge on any atom is 0.416 e. The number of alkyl halides is 3. The van der Waals surface area contributed by atoms with Crippen LogP contribution < -0.4 is 10.2 Å². The van der Waals surface area contributed by atoms with Gasteiger partial charge in [-0.25, -0.2) is 0 Å². The maximum absolute atomic E-state index is 12.8. The molecule has 0 radical (unpaired) electrons. The van der Waals surface area contributed by atoms with E-state index in [1.54, 1.807) is 31.1 Å². The molecule has 0 fully saturated rings. The second-order valence-corrected chi connectivity index (χ2v) is 6.28. The van der Waals surface area contributed by atoms with Gasteiger partial charge >= 0.3 is 6.18 Å². The van der Waals surface area contributed by atoms with Crippen LogP contribution in [0.3, 0.4) is 0 Å². The summed E-state index contributed by atoms with van der Waals surface area (Å²) < 4.78 is 38.5. The molecule has 0 unspecified atom stereocenters. The highest BCUT2D eigenvalue weighted by Crippen LogP contribution is 2.35. The molecule has 0 atom stereocenters. The molecule has 0 aliphatic carbocycles. The van der Waals surface area contributed by atoms with Crippen molar-refractivity contribution in [3.05, 3.63) is 45.6 Å². The van der Waals surface area contributed by atoms with Crippen LogP contribution in [-0.2, 0) is 6.18 Å².